The van der Waals surface area contributed by atoms with E-state index in [-0.39, 0.29) is 0 Å². The zero-order valence-electron chi connectivity index (χ0n) is 23.8. The van der Waals surface area contributed by atoms with Crippen LogP contribution in [0.4, 0.5) is 0 Å². The Bertz CT molecular complexity index is 1760. The number of aromatic amines is 2. The molecule has 5 aromatic rings. The molecule has 0 amide bonds. The van der Waals surface area contributed by atoms with Crippen molar-refractivity contribution in [1.29, 1.82) is 0 Å². The molecular formula is C34H36N8. The molecule has 2 atom stereocenters. The van der Waals surface area contributed by atoms with Crippen LogP contribution in [0.15, 0.2) is 48.7 Å². The number of imidazole rings is 2. The largest absolute Gasteiger partial charge is 0.341 e. The summed E-state index contributed by atoms with van der Waals surface area (Å²) < 4.78 is 0. The summed E-state index contributed by atoms with van der Waals surface area (Å²) in [5.74, 6) is 3.20. The fourth-order valence-corrected chi connectivity index (χ4v) is 8.03. The van der Waals surface area contributed by atoms with Gasteiger partial charge in [-0.05, 0) is 105 Å². The summed E-state index contributed by atoms with van der Waals surface area (Å²) >= 11 is 0. The monoisotopic (exact) mass is 556 g/mol. The van der Waals surface area contributed by atoms with Crippen molar-refractivity contribution in [3.63, 3.8) is 0 Å². The maximum absolute atomic E-state index is 4.96. The van der Waals surface area contributed by atoms with Gasteiger partial charge in [0, 0.05) is 11.1 Å². The summed E-state index contributed by atoms with van der Waals surface area (Å²) in [6, 6.07) is 16.1. The minimum absolute atomic E-state index is 0.328. The lowest BCUT2D eigenvalue weighted by Gasteiger charge is -2.40. The molecule has 5 heterocycles. The van der Waals surface area contributed by atoms with Crippen LogP contribution >= 0.6 is 0 Å². The van der Waals surface area contributed by atoms with E-state index in [1.54, 1.807) is 0 Å². The van der Waals surface area contributed by atoms with Gasteiger partial charge in [0.05, 0.1) is 46.4 Å². The normalized spacial score (nSPS) is 25.0. The zero-order valence-corrected chi connectivity index (χ0v) is 23.8. The van der Waals surface area contributed by atoms with Gasteiger partial charge in [-0.25, -0.2) is 9.97 Å². The van der Waals surface area contributed by atoms with Crippen LogP contribution < -0.4 is 10.6 Å². The summed E-state index contributed by atoms with van der Waals surface area (Å²) in [5, 5.41) is 17.0. The second-order valence-corrected chi connectivity index (χ2v) is 12.7. The predicted molar refractivity (Wildman–Crippen MR) is 164 cm³/mol. The Labute approximate surface area is 245 Å². The van der Waals surface area contributed by atoms with Crippen LogP contribution in [0.1, 0.15) is 98.1 Å². The molecule has 212 valence electrons. The van der Waals surface area contributed by atoms with Crippen molar-refractivity contribution in [2.45, 2.75) is 75.3 Å². The van der Waals surface area contributed by atoms with E-state index >= 15 is 0 Å². The van der Waals surface area contributed by atoms with Crippen LogP contribution in [0.5, 0.6) is 0 Å². The molecule has 8 heteroatoms. The summed E-state index contributed by atoms with van der Waals surface area (Å²) in [6.45, 7) is 2.13. The molecule has 2 aliphatic heterocycles. The molecule has 0 radical (unpaired) electrons. The SMILES string of the molecule is c1cc(-c2nnc(-c3ccc4nc(C5CCCN5)[nH]c4c3)c3c2C2CCC3CC2)ccc1-c1cnc(C2CCCN2)[nH]1. The van der Waals surface area contributed by atoms with E-state index in [2.05, 4.69) is 68.1 Å². The molecule has 5 aliphatic rings. The number of hydrogen-bond acceptors (Lipinski definition) is 6. The number of H-pyrrole nitrogens is 2. The van der Waals surface area contributed by atoms with Crippen LogP contribution in [0.25, 0.3) is 44.8 Å². The molecular weight excluding hydrogens is 520 g/mol. The number of aromatic nitrogens is 6. The average Bonchev–Trinajstić information content (AvgIpc) is 3.87. The topological polar surface area (TPSA) is 107 Å². The first-order chi connectivity index (χ1) is 20.8. The van der Waals surface area contributed by atoms with E-state index in [1.807, 2.05) is 6.20 Å². The lowest BCUT2D eigenvalue weighted by atomic mass is 9.65. The number of nitrogens with one attached hydrogen (secondary N) is 4. The Morgan fingerprint density at radius 2 is 1.24 bits per heavy atom. The second kappa shape index (κ2) is 9.85. The molecule has 0 spiro atoms. The van der Waals surface area contributed by atoms with Crippen LogP contribution in [-0.2, 0) is 0 Å². The van der Waals surface area contributed by atoms with Gasteiger partial charge in [0.25, 0.3) is 0 Å². The Kier molecular flexibility index (Phi) is 5.79. The summed E-state index contributed by atoms with van der Waals surface area (Å²) in [6.07, 6.45) is 11.6. The highest BCUT2D eigenvalue weighted by Gasteiger charge is 2.38. The minimum Gasteiger partial charge on any atom is -0.341 e. The third-order valence-corrected chi connectivity index (χ3v) is 10.2. The van der Waals surface area contributed by atoms with Gasteiger partial charge >= 0.3 is 0 Å². The van der Waals surface area contributed by atoms with Gasteiger partial charge in [0.15, 0.2) is 0 Å². The molecule has 2 saturated heterocycles. The molecule has 3 aromatic heterocycles. The van der Waals surface area contributed by atoms with Gasteiger partial charge in [0.2, 0.25) is 0 Å². The molecule has 10 rings (SSSR count). The van der Waals surface area contributed by atoms with Crippen LogP contribution in [-0.4, -0.2) is 43.2 Å². The first-order valence-electron chi connectivity index (χ1n) is 15.8. The maximum atomic E-state index is 4.96. The predicted octanol–water partition coefficient (Wildman–Crippen LogP) is 6.68. The number of hydrogen-bond donors (Lipinski definition) is 4. The van der Waals surface area contributed by atoms with Crippen molar-refractivity contribution in [3.8, 4) is 33.8 Å². The van der Waals surface area contributed by atoms with Crippen molar-refractivity contribution in [2.24, 2.45) is 0 Å². The molecule has 2 unspecified atom stereocenters. The van der Waals surface area contributed by atoms with Crippen molar-refractivity contribution in [1.82, 2.24) is 40.8 Å². The smallest absolute Gasteiger partial charge is 0.124 e. The molecule has 4 N–H and O–H groups in total. The molecule has 1 saturated carbocycles. The molecule has 42 heavy (non-hydrogen) atoms. The van der Waals surface area contributed by atoms with Gasteiger partial charge < -0.3 is 20.6 Å². The third kappa shape index (κ3) is 4.03. The molecule has 3 aliphatic carbocycles. The molecule has 2 bridgehead atoms. The van der Waals surface area contributed by atoms with Crippen molar-refractivity contribution in [3.05, 3.63) is 71.4 Å². The minimum atomic E-state index is 0.328. The second-order valence-electron chi connectivity index (χ2n) is 12.7. The Morgan fingerprint density at radius 1 is 0.619 bits per heavy atom. The molecule has 2 aromatic carbocycles. The lowest BCUT2D eigenvalue weighted by molar-refractivity contribution is 0.358. The molecule has 8 nitrogen and oxygen atoms in total. The zero-order chi connectivity index (χ0) is 27.6. The van der Waals surface area contributed by atoms with Gasteiger partial charge in [-0.1, -0.05) is 30.3 Å². The number of nitrogens with zero attached hydrogens (tertiary/aromatic N) is 4. The Balaban J connectivity index is 1.08. The first-order valence-corrected chi connectivity index (χ1v) is 15.8. The van der Waals surface area contributed by atoms with Gasteiger partial charge in [0.1, 0.15) is 11.6 Å². The summed E-state index contributed by atoms with van der Waals surface area (Å²) in [4.78, 5) is 16.7. The van der Waals surface area contributed by atoms with E-state index in [4.69, 9.17) is 15.2 Å². The van der Waals surface area contributed by atoms with Crippen molar-refractivity contribution >= 4 is 11.0 Å². The fourth-order valence-electron chi connectivity index (χ4n) is 8.03. The van der Waals surface area contributed by atoms with E-state index < -0.39 is 0 Å². The fraction of sp³-hybridized carbons (Fsp3) is 0.412. The van der Waals surface area contributed by atoms with Crippen LogP contribution in [0.2, 0.25) is 0 Å². The van der Waals surface area contributed by atoms with Crippen LogP contribution in [0.3, 0.4) is 0 Å². The summed E-state index contributed by atoms with van der Waals surface area (Å²) in [7, 11) is 0. The van der Waals surface area contributed by atoms with Gasteiger partial charge in [-0.3, -0.25) is 0 Å². The Hall–Kier alpha value is -3.88. The van der Waals surface area contributed by atoms with E-state index in [9.17, 15) is 0 Å². The maximum Gasteiger partial charge on any atom is 0.124 e. The third-order valence-electron chi connectivity index (χ3n) is 10.2. The highest BCUT2D eigenvalue weighted by molar-refractivity contribution is 5.83. The van der Waals surface area contributed by atoms with Crippen molar-refractivity contribution < 1.29 is 0 Å². The highest BCUT2D eigenvalue weighted by Crippen LogP contribution is 2.54. The lowest BCUT2D eigenvalue weighted by Crippen LogP contribution is -2.24. The number of benzene rings is 2. The average molecular weight is 557 g/mol. The summed E-state index contributed by atoms with van der Waals surface area (Å²) in [5.41, 5.74) is 11.6. The van der Waals surface area contributed by atoms with E-state index in [0.29, 0.717) is 23.9 Å². The number of fused-ring (bicyclic) bond motifs is 3. The quantitative estimate of drug-likeness (QED) is 0.192. The van der Waals surface area contributed by atoms with Gasteiger partial charge in [-0.15, -0.1) is 10.2 Å². The standard InChI is InChI=1S/C34H36N8/c1-3-25(35-15-1)33-37-18-28(40-33)19-5-11-22(12-6-19)31-29-20-7-9-21(10-8-20)30(29)32(42-41-31)23-13-14-24-27(17-23)39-34(38-24)26-4-2-16-36-26/h5-6,11-14,17-18,20-21,25-26,35-36H,1-4,7-10,15-16H2,(H,37,40)(H,38,39). The van der Waals surface area contributed by atoms with E-state index in [0.717, 1.165) is 82.4 Å². The van der Waals surface area contributed by atoms with Crippen molar-refractivity contribution in [2.75, 3.05) is 13.1 Å². The van der Waals surface area contributed by atoms with Gasteiger partial charge in [-0.2, -0.15) is 0 Å². The molecule has 3 fully saturated rings. The Morgan fingerprint density at radius 3 is 1.90 bits per heavy atom. The first kappa shape index (κ1) is 24.7. The van der Waals surface area contributed by atoms with Crippen LogP contribution in [0, 0.1) is 0 Å². The van der Waals surface area contributed by atoms with E-state index in [1.165, 1.54) is 49.7 Å². The number of rotatable bonds is 5. The highest BCUT2D eigenvalue weighted by atomic mass is 15.1.